The molecular formula is C22H24Br2O5. The molecule has 1 heterocycles. The van der Waals surface area contributed by atoms with Crippen LogP contribution in [0.25, 0.3) is 5.76 Å². The lowest BCUT2D eigenvalue weighted by atomic mass is 10.1. The van der Waals surface area contributed by atoms with Crippen LogP contribution in [0.15, 0.2) is 53.5 Å². The standard InChI is InChI=1S/C9H7BrO3.C9H5BrO2.2C2H6/c10-5-8(11)6-3-1-2-4-7(6)9(12)13;10-5-8-6-3-1-2-4-7(6)9(11)12-8;2*1-2/h1-4H,5H2,(H,12,13);1-5H;2*1-2H3/b;8-5-;;. The predicted octanol–water partition coefficient (Wildman–Crippen LogP) is 6.57. The molecule has 0 bridgehead atoms. The molecule has 0 atom stereocenters. The van der Waals surface area contributed by atoms with Gasteiger partial charge < -0.3 is 9.84 Å². The second kappa shape index (κ2) is 14.7. The number of halogens is 2. The maximum atomic E-state index is 11.2. The van der Waals surface area contributed by atoms with Crippen LogP contribution in [-0.2, 0) is 4.74 Å². The van der Waals surface area contributed by atoms with E-state index in [1.54, 1.807) is 23.2 Å². The van der Waals surface area contributed by atoms with Crippen molar-refractivity contribution in [2.45, 2.75) is 27.7 Å². The number of ketones is 1. The Morgan fingerprint density at radius 1 is 0.931 bits per heavy atom. The highest BCUT2D eigenvalue weighted by Gasteiger charge is 2.24. The molecule has 2 aromatic carbocycles. The first-order chi connectivity index (χ1) is 14.0. The van der Waals surface area contributed by atoms with E-state index in [0.29, 0.717) is 11.3 Å². The summed E-state index contributed by atoms with van der Waals surface area (Å²) in [4.78, 5) is 34.7. The maximum Gasteiger partial charge on any atom is 0.344 e. The Morgan fingerprint density at radius 3 is 1.90 bits per heavy atom. The fraction of sp³-hybridized carbons (Fsp3) is 0.227. The minimum absolute atomic E-state index is 0.0481. The van der Waals surface area contributed by atoms with Crippen molar-refractivity contribution in [1.29, 1.82) is 0 Å². The summed E-state index contributed by atoms with van der Waals surface area (Å²) in [6.45, 7) is 8.00. The zero-order valence-corrected chi connectivity index (χ0v) is 19.9. The van der Waals surface area contributed by atoms with E-state index in [1.165, 1.54) is 12.1 Å². The van der Waals surface area contributed by atoms with Crippen molar-refractivity contribution < 1.29 is 24.2 Å². The van der Waals surface area contributed by atoms with E-state index in [2.05, 4.69) is 31.9 Å². The van der Waals surface area contributed by atoms with E-state index >= 15 is 0 Å². The van der Waals surface area contributed by atoms with E-state index < -0.39 is 5.97 Å². The molecule has 0 aromatic heterocycles. The van der Waals surface area contributed by atoms with Gasteiger partial charge in [0.2, 0.25) is 0 Å². The summed E-state index contributed by atoms with van der Waals surface area (Å²) in [6.07, 6.45) is 0. The van der Waals surface area contributed by atoms with Gasteiger partial charge in [0.1, 0.15) is 5.76 Å². The quantitative estimate of drug-likeness (QED) is 0.277. The van der Waals surface area contributed by atoms with Gasteiger partial charge in [-0.1, -0.05) is 96.0 Å². The monoisotopic (exact) mass is 526 g/mol. The van der Waals surface area contributed by atoms with Gasteiger partial charge in [0.15, 0.2) is 5.78 Å². The number of benzene rings is 2. The van der Waals surface area contributed by atoms with Gasteiger partial charge in [0.05, 0.1) is 16.5 Å². The normalized spacial score (nSPS) is 12.1. The van der Waals surface area contributed by atoms with Gasteiger partial charge in [0.25, 0.3) is 0 Å². The number of rotatable bonds is 3. The molecule has 3 rings (SSSR count). The third-order valence-electron chi connectivity index (χ3n) is 3.29. The minimum Gasteiger partial charge on any atom is -0.478 e. The second-order valence-electron chi connectivity index (χ2n) is 4.82. The first-order valence-electron chi connectivity index (χ1n) is 9.03. The number of hydrogen-bond acceptors (Lipinski definition) is 4. The average molecular weight is 528 g/mol. The number of carbonyl (C=O) groups is 3. The van der Waals surface area contributed by atoms with Crippen LogP contribution in [0.1, 0.15) is 64.3 Å². The molecular weight excluding hydrogens is 504 g/mol. The molecule has 0 spiro atoms. The lowest BCUT2D eigenvalue weighted by Gasteiger charge is -2.01. The largest absolute Gasteiger partial charge is 0.478 e. The Hall–Kier alpha value is -2.25. The molecule has 0 fully saturated rings. The van der Waals surface area contributed by atoms with Crippen LogP contribution in [-0.4, -0.2) is 28.2 Å². The van der Waals surface area contributed by atoms with Crippen molar-refractivity contribution in [3.05, 3.63) is 75.8 Å². The summed E-state index contributed by atoms with van der Waals surface area (Å²) in [5.41, 5.74) is 1.77. The van der Waals surface area contributed by atoms with E-state index in [0.717, 1.165) is 5.56 Å². The first-order valence-corrected chi connectivity index (χ1v) is 11.1. The van der Waals surface area contributed by atoms with Gasteiger partial charge in [-0.25, -0.2) is 9.59 Å². The van der Waals surface area contributed by atoms with E-state index in [-0.39, 0.29) is 28.2 Å². The smallest absolute Gasteiger partial charge is 0.344 e. The van der Waals surface area contributed by atoms with E-state index in [9.17, 15) is 14.4 Å². The number of hydrogen-bond donors (Lipinski definition) is 1. The zero-order chi connectivity index (χ0) is 22.4. The van der Waals surface area contributed by atoms with Gasteiger partial charge in [-0.15, -0.1) is 0 Å². The number of aromatic carboxylic acids is 1. The third-order valence-corrected chi connectivity index (χ3v) is 4.22. The third kappa shape index (κ3) is 7.59. The molecule has 5 nitrogen and oxygen atoms in total. The molecule has 1 aliphatic heterocycles. The van der Waals surface area contributed by atoms with Crippen molar-refractivity contribution >= 4 is 55.3 Å². The number of fused-ring (bicyclic) bond motifs is 1. The van der Waals surface area contributed by atoms with Gasteiger partial charge in [-0.05, 0) is 12.1 Å². The van der Waals surface area contributed by atoms with Crippen molar-refractivity contribution in [1.82, 2.24) is 0 Å². The molecule has 29 heavy (non-hydrogen) atoms. The fourth-order valence-corrected chi connectivity index (χ4v) is 2.79. The van der Waals surface area contributed by atoms with Crippen molar-refractivity contribution in [2.24, 2.45) is 0 Å². The van der Waals surface area contributed by atoms with Crippen molar-refractivity contribution in [2.75, 3.05) is 5.33 Å². The van der Waals surface area contributed by atoms with Crippen LogP contribution in [0.5, 0.6) is 0 Å². The highest BCUT2D eigenvalue weighted by atomic mass is 79.9. The van der Waals surface area contributed by atoms with Gasteiger partial charge in [0, 0.05) is 16.1 Å². The lowest BCUT2D eigenvalue weighted by Crippen LogP contribution is -2.08. The second-order valence-corrected chi connectivity index (χ2v) is 5.83. The molecule has 0 unspecified atom stereocenters. The minimum atomic E-state index is -1.08. The Balaban J connectivity index is 0.000000462. The number of Topliss-reactive ketones (excluding diaryl/α,β-unsaturated/α-hetero) is 1. The number of carboxylic acid groups (broad SMARTS) is 1. The summed E-state index contributed by atoms with van der Waals surface area (Å²) < 4.78 is 4.96. The SMILES string of the molecule is CC.CC.O=C(O)c1ccccc1C(=O)CBr.O=C1O/C(=C\Br)c2ccccc21. The molecule has 0 aliphatic carbocycles. The Labute approximate surface area is 188 Å². The number of cyclic esters (lactones) is 1. The predicted molar refractivity (Wildman–Crippen MR) is 123 cm³/mol. The topological polar surface area (TPSA) is 80.7 Å². The highest BCUT2D eigenvalue weighted by Crippen LogP contribution is 2.29. The molecule has 1 aliphatic rings. The van der Waals surface area contributed by atoms with E-state index in [4.69, 9.17) is 9.84 Å². The molecule has 0 saturated heterocycles. The molecule has 1 N–H and O–H groups in total. The Kier molecular flexibility index (Phi) is 13.6. The maximum absolute atomic E-state index is 11.2. The number of carbonyl (C=O) groups excluding carboxylic acids is 2. The molecule has 2 aromatic rings. The van der Waals surface area contributed by atoms with Crippen LogP contribution >= 0.6 is 31.9 Å². The van der Waals surface area contributed by atoms with Crippen LogP contribution in [0.3, 0.4) is 0 Å². The number of alkyl halides is 1. The summed E-state index contributed by atoms with van der Waals surface area (Å²) in [7, 11) is 0. The van der Waals surface area contributed by atoms with Crippen molar-refractivity contribution in [3.63, 3.8) is 0 Å². The molecule has 7 heteroatoms. The Morgan fingerprint density at radius 2 is 1.41 bits per heavy atom. The molecule has 0 amide bonds. The Bertz CT molecular complexity index is 860. The lowest BCUT2D eigenvalue weighted by molar-refractivity contribution is 0.0689. The molecule has 0 saturated carbocycles. The van der Waals surface area contributed by atoms with Crippen LogP contribution < -0.4 is 0 Å². The molecule has 156 valence electrons. The summed E-state index contributed by atoms with van der Waals surface area (Å²) in [6, 6.07) is 13.4. The fourth-order valence-electron chi connectivity index (χ4n) is 2.15. The summed E-state index contributed by atoms with van der Waals surface area (Å²) in [5.74, 6) is -1.00. The zero-order valence-electron chi connectivity index (χ0n) is 16.7. The van der Waals surface area contributed by atoms with Gasteiger partial charge in [-0.2, -0.15) is 0 Å². The number of esters is 1. The first kappa shape index (κ1) is 26.8. The van der Waals surface area contributed by atoms with E-state index in [1.807, 2.05) is 45.9 Å². The van der Waals surface area contributed by atoms with Crippen molar-refractivity contribution in [3.8, 4) is 0 Å². The van der Waals surface area contributed by atoms with Crippen LogP contribution in [0, 0.1) is 0 Å². The van der Waals surface area contributed by atoms with Crippen LogP contribution in [0.2, 0.25) is 0 Å². The van der Waals surface area contributed by atoms with Crippen LogP contribution in [0.4, 0.5) is 0 Å². The number of carboxylic acids is 1. The number of ether oxygens (including phenoxy) is 1. The highest BCUT2D eigenvalue weighted by molar-refractivity contribution is 9.11. The average Bonchev–Trinajstić information content (AvgIpc) is 3.12. The van der Waals surface area contributed by atoms with Gasteiger partial charge >= 0.3 is 11.9 Å². The van der Waals surface area contributed by atoms with Gasteiger partial charge in [-0.3, -0.25) is 4.79 Å². The summed E-state index contributed by atoms with van der Waals surface area (Å²) in [5, 5.41) is 8.88. The summed E-state index contributed by atoms with van der Waals surface area (Å²) >= 11 is 6.13. The molecule has 0 radical (unpaired) electrons.